The summed E-state index contributed by atoms with van der Waals surface area (Å²) >= 11 is 0. The Bertz CT molecular complexity index is 1160. The van der Waals surface area contributed by atoms with Gasteiger partial charge in [-0.2, -0.15) is 0 Å². The summed E-state index contributed by atoms with van der Waals surface area (Å²) in [7, 11) is 8.23. The number of benzene rings is 2. The molecule has 1 amide bonds. The van der Waals surface area contributed by atoms with Gasteiger partial charge in [0.2, 0.25) is 0 Å². The van der Waals surface area contributed by atoms with Gasteiger partial charge in [-0.3, -0.25) is 9.78 Å². The third-order valence-corrected chi connectivity index (χ3v) is 5.98. The molecule has 0 radical (unpaired) electrons. The second kappa shape index (κ2) is 13.3. The van der Waals surface area contributed by atoms with Crippen LogP contribution in [0.3, 0.4) is 0 Å². The molecule has 1 aromatic heterocycles. The fourth-order valence-electron chi connectivity index (χ4n) is 3.80. The molecule has 3 aromatic rings. The number of hydrogen-bond acceptors (Lipinski definition) is 7. The minimum Gasteiger partial charge on any atom is -0.397 e. The average molecular weight is 502 g/mol. The van der Waals surface area contributed by atoms with E-state index in [0.29, 0.717) is 23.6 Å². The molecule has 0 spiro atoms. The number of para-hydroxylation sites is 2. The number of anilines is 4. The van der Waals surface area contributed by atoms with E-state index in [-0.39, 0.29) is 5.91 Å². The number of nitrogens with zero attached hydrogens (tertiary/aromatic N) is 4. The van der Waals surface area contributed by atoms with E-state index in [0.717, 1.165) is 48.7 Å². The molecule has 2 aromatic carbocycles. The first-order valence-electron chi connectivity index (χ1n) is 12.5. The van der Waals surface area contributed by atoms with Crippen molar-refractivity contribution in [3.8, 4) is 0 Å². The van der Waals surface area contributed by atoms with E-state index in [9.17, 15) is 4.79 Å². The van der Waals surface area contributed by atoms with Crippen molar-refractivity contribution in [2.24, 2.45) is 0 Å². The topological polar surface area (TPSA) is 89.8 Å². The predicted octanol–water partition coefficient (Wildman–Crippen LogP) is 4.71. The largest absolute Gasteiger partial charge is 0.397 e. The maximum Gasteiger partial charge on any atom is 0.274 e. The van der Waals surface area contributed by atoms with Crippen molar-refractivity contribution < 1.29 is 4.79 Å². The summed E-state index contributed by atoms with van der Waals surface area (Å²) < 4.78 is 0. The zero-order chi connectivity index (χ0) is 26.8. The van der Waals surface area contributed by atoms with Crippen molar-refractivity contribution in [1.29, 1.82) is 0 Å². The van der Waals surface area contributed by atoms with Gasteiger partial charge in [-0.15, -0.1) is 0 Å². The number of carbonyl (C=O) groups excluding carboxylic acids is 1. The van der Waals surface area contributed by atoms with Gasteiger partial charge in [0.25, 0.3) is 5.91 Å². The first-order chi connectivity index (χ1) is 17.7. The number of unbranched alkanes of at least 4 members (excludes halogenated alkanes) is 1. The first-order valence-corrected chi connectivity index (χ1v) is 12.5. The van der Waals surface area contributed by atoms with Crippen molar-refractivity contribution in [2.45, 2.75) is 19.4 Å². The molecule has 0 aliphatic rings. The number of carbonyl (C=O) groups is 1. The minimum absolute atomic E-state index is 0.294. The zero-order valence-electron chi connectivity index (χ0n) is 22.4. The van der Waals surface area contributed by atoms with Crippen LogP contribution in [0.15, 0.2) is 79.3 Å². The quantitative estimate of drug-likeness (QED) is 0.231. The number of rotatable bonds is 13. The molecule has 196 valence electrons. The molecule has 0 aliphatic heterocycles. The molecule has 3 rings (SSSR count). The lowest BCUT2D eigenvalue weighted by Gasteiger charge is -2.28. The Morgan fingerprint density at radius 1 is 0.919 bits per heavy atom. The molecular formula is C29H39N7O. The van der Waals surface area contributed by atoms with E-state index in [1.165, 1.54) is 0 Å². The van der Waals surface area contributed by atoms with Gasteiger partial charge in [0.15, 0.2) is 0 Å². The normalized spacial score (nSPS) is 10.7. The Balaban J connectivity index is 1.66. The van der Waals surface area contributed by atoms with Crippen molar-refractivity contribution in [2.75, 3.05) is 62.5 Å². The number of nitrogens with two attached hydrogens (primary N) is 1. The van der Waals surface area contributed by atoms with Crippen LogP contribution in [0.4, 0.5) is 22.7 Å². The lowest BCUT2D eigenvalue weighted by molar-refractivity contribution is 0.102. The third kappa shape index (κ3) is 8.54. The molecule has 8 nitrogen and oxygen atoms in total. The van der Waals surface area contributed by atoms with E-state index < -0.39 is 0 Å². The molecular weight excluding hydrogens is 462 g/mol. The minimum atomic E-state index is -0.294. The van der Waals surface area contributed by atoms with Crippen molar-refractivity contribution in [3.63, 3.8) is 0 Å². The highest BCUT2D eigenvalue weighted by Gasteiger charge is 2.13. The van der Waals surface area contributed by atoms with Crippen LogP contribution in [0.5, 0.6) is 0 Å². The van der Waals surface area contributed by atoms with Crippen LogP contribution in [-0.4, -0.2) is 62.0 Å². The predicted molar refractivity (Wildman–Crippen MR) is 155 cm³/mol. The highest BCUT2D eigenvalue weighted by atomic mass is 16.1. The Labute approximate surface area is 220 Å². The smallest absolute Gasteiger partial charge is 0.274 e. The number of pyridine rings is 1. The number of nitrogens with one attached hydrogen (secondary N) is 2. The number of amides is 1. The number of aromatic nitrogens is 1. The van der Waals surface area contributed by atoms with Gasteiger partial charge in [-0.1, -0.05) is 24.8 Å². The molecule has 0 bridgehead atoms. The maximum absolute atomic E-state index is 12.6. The molecule has 0 aliphatic carbocycles. The van der Waals surface area contributed by atoms with Gasteiger partial charge in [0, 0.05) is 44.8 Å². The van der Waals surface area contributed by atoms with Crippen LogP contribution in [0.2, 0.25) is 0 Å². The molecule has 0 unspecified atom stereocenters. The zero-order valence-corrected chi connectivity index (χ0v) is 22.4. The lowest BCUT2D eigenvalue weighted by atomic mass is 10.2. The van der Waals surface area contributed by atoms with Crippen molar-refractivity contribution in [3.05, 3.63) is 90.5 Å². The molecule has 0 atom stereocenters. The molecule has 0 saturated heterocycles. The first kappa shape index (κ1) is 27.5. The molecule has 37 heavy (non-hydrogen) atoms. The van der Waals surface area contributed by atoms with Gasteiger partial charge in [0.1, 0.15) is 5.69 Å². The van der Waals surface area contributed by atoms with Gasteiger partial charge in [0.05, 0.1) is 17.2 Å². The average Bonchev–Trinajstić information content (AvgIpc) is 2.87. The summed E-state index contributed by atoms with van der Waals surface area (Å²) in [5.41, 5.74) is 10.5. The standard InChI is InChI=1S/C29H39N7O/c1-22(32-24-13-15-25(16-14-24)35(4)5)36(19-9-8-18-34(2)3)21-23-12-17-28(31-20-23)29(37)33-27-11-7-6-10-26(27)30/h6-7,10-17,20,32H,1,8-9,18-19,21,30H2,2-5H3,(H,33,37). The summed E-state index contributed by atoms with van der Waals surface area (Å²) in [6.07, 6.45) is 3.87. The van der Waals surface area contributed by atoms with Crippen LogP contribution in [0.1, 0.15) is 28.9 Å². The maximum atomic E-state index is 12.6. The van der Waals surface area contributed by atoms with Crippen LogP contribution in [0, 0.1) is 0 Å². The second-order valence-electron chi connectivity index (χ2n) is 9.54. The van der Waals surface area contributed by atoms with Crippen LogP contribution in [-0.2, 0) is 6.54 Å². The third-order valence-electron chi connectivity index (χ3n) is 5.98. The van der Waals surface area contributed by atoms with Crippen molar-refractivity contribution >= 4 is 28.7 Å². The highest BCUT2D eigenvalue weighted by molar-refractivity contribution is 6.04. The van der Waals surface area contributed by atoms with E-state index in [1.54, 1.807) is 24.4 Å². The number of nitrogen functional groups attached to an aromatic ring is 1. The Morgan fingerprint density at radius 3 is 2.24 bits per heavy atom. The molecule has 8 heteroatoms. The summed E-state index contributed by atoms with van der Waals surface area (Å²) in [6.45, 7) is 6.84. The monoisotopic (exact) mass is 501 g/mol. The van der Waals surface area contributed by atoms with Crippen LogP contribution < -0.4 is 21.3 Å². The SMILES string of the molecule is C=C(Nc1ccc(N(C)C)cc1)N(CCCCN(C)C)Cc1ccc(C(=O)Nc2ccccc2N)nc1. The summed E-state index contributed by atoms with van der Waals surface area (Å²) in [5, 5.41) is 6.26. The summed E-state index contributed by atoms with van der Waals surface area (Å²) in [5.74, 6) is 0.529. The van der Waals surface area contributed by atoms with E-state index >= 15 is 0 Å². The number of hydrogen-bond donors (Lipinski definition) is 3. The van der Waals surface area contributed by atoms with Crippen LogP contribution in [0.25, 0.3) is 0 Å². The molecule has 0 saturated carbocycles. The molecule has 1 heterocycles. The highest BCUT2D eigenvalue weighted by Crippen LogP contribution is 2.20. The molecule has 0 fully saturated rings. The van der Waals surface area contributed by atoms with E-state index in [2.05, 4.69) is 75.3 Å². The Morgan fingerprint density at radius 2 is 1.62 bits per heavy atom. The summed E-state index contributed by atoms with van der Waals surface area (Å²) in [4.78, 5) is 23.5. The molecule has 4 N–H and O–H groups in total. The second-order valence-corrected chi connectivity index (χ2v) is 9.54. The van der Waals surface area contributed by atoms with Gasteiger partial charge in [-0.05, 0) is 81.5 Å². The van der Waals surface area contributed by atoms with Gasteiger partial charge >= 0.3 is 0 Å². The van der Waals surface area contributed by atoms with E-state index in [1.807, 2.05) is 32.3 Å². The fraction of sp³-hybridized carbons (Fsp3) is 0.310. The lowest BCUT2D eigenvalue weighted by Crippen LogP contribution is -2.28. The Kier molecular flexibility index (Phi) is 9.92. The van der Waals surface area contributed by atoms with Gasteiger partial charge in [-0.25, -0.2) is 0 Å². The summed E-state index contributed by atoms with van der Waals surface area (Å²) in [6, 6.07) is 19.1. The van der Waals surface area contributed by atoms with Gasteiger partial charge < -0.3 is 31.1 Å². The van der Waals surface area contributed by atoms with Crippen molar-refractivity contribution in [1.82, 2.24) is 14.8 Å². The van der Waals surface area contributed by atoms with Crippen LogP contribution >= 0.6 is 0 Å². The Hall–Kier alpha value is -4.04. The fourth-order valence-corrected chi connectivity index (χ4v) is 3.80. The van der Waals surface area contributed by atoms with E-state index in [4.69, 9.17) is 5.73 Å².